The van der Waals surface area contributed by atoms with Crippen LogP contribution in [0, 0.1) is 0 Å². The lowest BCUT2D eigenvalue weighted by molar-refractivity contribution is -0.0329. The van der Waals surface area contributed by atoms with E-state index in [1.54, 1.807) is 12.1 Å². The summed E-state index contributed by atoms with van der Waals surface area (Å²) in [5.74, 6) is 0.301. The Balaban J connectivity index is 2.16. The maximum Gasteiger partial charge on any atom is 0.447 e. The van der Waals surface area contributed by atoms with Crippen LogP contribution in [0.25, 0.3) is 0 Å². The molecule has 1 amide bonds. The van der Waals surface area contributed by atoms with Crippen molar-refractivity contribution >= 4 is 33.6 Å². The van der Waals surface area contributed by atoms with Crippen molar-refractivity contribution in [2.24, 2.45) is 0 Å². The van der Waals surface area contributed by atoms with E-state index in [9.17, 15) is 18.0 Å². The minimum absolute atomic E-state index is 0.0861. The first-order chi connectivity index (χ1) is 12.2. The lowest BCUT2D eigenvalue weighted by Gasteiger charge is -2.13. The average Bonchev–Trinajstić information content (AvgIpc) is 2.58. The largest absolute Gasteiger partial charge is 0.493 e. The van der Waals surface area contributed by atoms with Gasteiger partial charge in [-0.15, -0.1) is 0 Å². The van der Waals surface area contributed by atoms with E-state index < -0.39 is 28.2 Å². The highest BCUT2D eigenvalue weighted by molar-refractivity contribution is 9.10. The highest BCUT2D eigenvalue weighted by Crippen LogP contribution is 2.38. The second kappa shape index (κ2) is 8.63. The second-order valence-corrected chi connectivity index (χ2v) is 6.81. The number of alkyl halides is 3. The molecule has 0 saturated heterocycles. The molecular formula is C16H14BrF3N2O3S. The van der Waals surface area contributed by atoms with E-state index in [0.717, 1.165) is 0 Å². The van der Waals surface area contributed by atoms with Crippen molar-refractivity contribution in [2.75, 3.05) is 14.2 Å². The summed E-state index contributed by atoms with van der Waals surface area (Å²) in [5.41, 5.74) is -4.00. The van der Waals surface area contributed by atoms with Crippen LogP contribution >= 0.6 is 27.7 Å². The third-order valence-electron chi connectivity index (χ3n) is 3.17. The first kappa shape index (κ1) is 20.4. The fourth-order valence-corrected chi connectivity index (χ4v) is 3.36. The van der Waals surface area contributed by atoms with E-state index >= 15 is 0 Å². The number of carbonyl (C=O) groups is 1. The number of benzene rings is 1. The molecule has 1 N–H and O–H groups in total. The number of hydrogen-bond acceptors (Lipinski definition) is 5. The average molecular weight is 451 g/mol. The maximum absolute atomic E-state index is 12.6. The fourth-order valence-electron chi connectivity index (χ4n) is 2.11. The van der Waals surface area contributed by atoms with Crippen molar-refractivity contribution in [1.29, 1.82) is 0 Å². The summed E-state index contributed by atoms with van der Waals surface area (Å²) >= 11 is 2.91. The van der Waals surface area contributed by atoms with Gasteiger partial charge in [0.2, 0.25) is 0 Å². The second-order valence-electron chi connectivity index (χ2n) is 4.90. The smallest absolute Gasteiger partial charge is 0.447 e. The molecule has 0 spiro atoms. The van der Waals surface area contributed by atoms with Crippen molar-refractivity contribution in [1.82, 2.24) is 10.3 Å². The minimum Gasteiger partial charge on any atom is -0.493 e. The van der Waals surface area contributed by atoms with Crippen LogP contribution in [0.1, 0.15) is 15.9 Å². The van der Waals surface area contributed by atoms with E-state index in [-0.39, 0.29) is 12.1 Å². The molecule has 1 aromatic carbocycles. The number of pyridine rings is 1. The predicted molar refractivity (Wildman–Crippen MR) is 94.6 cm³/mol. The highest BCUT2D eigenvalue weighted by Gasteiger charge is 2.32. The Kier molecular flexibility index (Phi) is 6.76. The van der Waals surface area contributed by atoms with Crippen LogP contribution in [0.2, 0.25) is 0 Å². The van der Waals surface area contributed by atoms with Gasteiger partial charge in [-0.2, -0.15) is 13.2 Å². The van der Waals surface area contributed by atoms with Gasteiger partial charge in [-0.25, -0.2) is 4.98 Å². The van der Waals surface area contributed by atoms with Crippen molar-refractivity contribution in [3.63, 3.8) is 0 Å². The minimum atomic E-state index is -4.53. The van der Waals surface area contributed by atoms with Crippen molar-refractivity contribution in [2.45, 2.75) is 17.1 Å². The maximum atomic E-state index is 12.6. The molecule has 1 heterocycles. The summed E-state index contributed by atoms with van der Waals surface area (Å²) < 4.78 is 48.8. The van der Waals surface area contributed by atoms with Gasteiger partial charge in [0.1, 0.15) is 5.03 Å². The number of nitrogens with one attached hydrogen (secondary N) is 1. The van der Waals surface area contributed by atoms with Gasteiger partial charge in [-0.3, -0.25) is 4.79 Å². The Morgan fingerprint density at radius 2 is 2.04 bits per heavy atom. The lowest BCUT2D eigenvalue weighted by atomic mass is 10.2. The zero-order chi connectivity index (χ0) is 19.3. The Hall–Kier alpha value is -1.94. The van der Waals surface area contributed by atoms with Gasteiger partial charge in [0.25, 0.3) is 5.91 Å². The van der Waals surface area contributed by atoms with Crippen LogP contribution < -0.4 is 14.8 Å². The molecule has 0 aliphatic carbocycles. The summed E-state index contributed by atoms with van der Waals surface area (Å²) in [7, 11) is 2.97. The Morgan fingerprint density at radius 3 is 2.65 bits per heavy atom. The number of thioether (sulfide) groups is 1. The molecule has 0 bridgehead atoms. The molecule has 0 atom stereocenters. The topological polar surface area (TPSA) is 60.5 Å². The van der Waals surface area contributed by atoms with E-state index in [1.807, 2.05) is 0 Å². The summed E-state index contributed by atoms with van der Waals surface area (Å²) in [6.45, 7) is 0.0861. The van der Waals surface area contributed by atoms with Gasteiger partial charge in [0, 0.05) is 24.5 Å². The molecule has 0 aliphatic heterocycles. The number of carbonyl (C=O) groups excluding carboxylic acids is 1. The molecule has 0 saturated carbocycles. The van der Waals surface area contributed by atoms with Crippen LogP contribution in [-0.4, -0.2) is 30.6 Å². The standard InChI is InChI=1S/C16H14BrF3N2O3S/c1-24-12-7-9(6-11(17)13(12)25-2)8-22-14(23)10-4-3-5-21-15(10)26-16(18,19)20/h3-7H,8H2,1-2H3,(H,22,23). The third-order valence-corrected chi connectivity index (χ3v) is 4.51. The molecule has 140 valence electrons. The van der Waals surface area contributed by atoms with Gasteiger partial charge in [0.15, 0.2) is 11.5 Å². The number of methoxy groups -OCH3 is 2. The molecule has 0 aliphatic rings. The Morgan fingerprint density at radius 1 is 1.31 bits per heavy atom. The summed E-state index contributed by atoms with van der Waals surface area (Å²) in [6.07, 6.45) is 1.20. The van der Waals surface area contributed by atoms with Gasteiger partial charge < -0.3 is 14.8 Å². The van der Waals surface area contributed by atoms with Crippen molar-refractivity contribution in [3.05, 3.63) is 46.1 Å². The zero-order valence-electron chi connectivity index (χ0n) is 13.7. The molecule has 5 nitrogen and oxygen atoms in total. The molecule has 0 unspecified atom stereocenters. The molecule has 0 radical (unpaired) electrons. The predicted octanol–water partition coefficient (Wildman–Crippen LogP) is 4.40. The first-order valence-electron chi connectivity index (χ1n) is 7.14. The third kappa shape index (κ3) is 5.28. The molecule has 10 heteroatoms. The Labute approximate surface area is 160 Å². The number of amides is 1. The fraction of sp³-hybridized carbons (Fsp3) is 0.250. The summed E-state index contributed by atoms with van der Waals surface area (Å²) in [4.78, 5) is 15.9. The SMILES string of the molecule is COc1cc(CNC(=O)c2cccnc2SC(F)(F)F)cc(Br)c1OC. The number of aromatic nitrogens is 1. The van der Waals surface area contributed by atoms with Gasteiger partial charge in [-0.05, 0) is 45.8 Å². The van der Waals surface area contributed by atoms with Crippen LogP contribution in [0.15, 0.2) is 40.0 Å². The summed E-state index contributed by atoms with van der Waals surface area (Å²) in [5, 5.41) is 2.18. The monoisotopic (exact) mass is 450 g/mol. The van der Waals surface area contributed by atoms with Gasteiger partial charge in [-0.1, -0.05) is 0 Å². The lowest BCUT2D eigenvalue weighted by Crippen LogP contribution is -2.24. The molecular weight excluding hydrogens is 437 g/mol. The number of rotatable bonds is 6. The molecule has 2 rings (SSSR count). The number of ether oxygens (including phenoxy) is 2. The normalized spacial score (nSPS) is 11.2. The number of halogens is 4. The van der Waals surface area contributed by atoms with E-state index in [0.29, 0.717) is 21.5 Å². The first-order valence-corrected chi connectivity index (χ1v) is 8.75. The highest BCUT2D eigenvalue weighted by atomic mass is 79.9. The van der Waals surface area contributed by atoms with Crippen LogP contribution in [0.4, 0.5) is 13.2 Å². The van der Waals surface area contributed by atoms with E-state index in [1.165, 1.54) is 32.5 Å². The van der Waals surface area contributed by atoms with Crippen molar-refractivity contribution in [3.8, 4) is 11.5 Å². The van der Waals surface area contributed by atoms with E-state index in [4.69, 9.17) is 9.47 Å². The Bertz CT molecular complexity index is 803. The van der Waals surface area contributed by atoms with E-state index in [2.05, 4.69) is 26.2 Å². The molecule has 2 aromatic rings. The molecule has 1 aromatic heterocycles. The van der Waals surface area contributed by atoms with Gasteiger partial charge in [0.05, 0.1) is 24.3 Å². The van der Waals surface area contributed by atoms with Crippen LogP contribution in [0.3, 0.4) is 0 Å². The molecule has 26 heavy (non-hydrogen) atoms. The quantitative estimate of drug-likeness (QED) is 0.660. The van der Waals surface area contributed by atoms with Crippen molar-refractivity contribution < 1.29 is 27.4 Å². The molecule has 0 fully saturated rings. The van der Waals surface area contributed by atoms with Gasteiger partial charge >= 0.3 is 5.51 Å². The summed E-state index contributed by atoms with van der Waals surface area (Å²) in [6, 6.07) is 6.08. The zero-order valence-corrected chi connectivity index (χ0v) is 16.1. The van der Waals surface area contributed by atoms with Crippen LogP contribution in [-0.2, 0) is 6.54 Å². The number of nitrogens with zero attached hydrogens (tertiary/aromatic N) is 1. The van der Waals surface area contributed by atoms with Crippen LogP contribution in [0.5, 0.6) is 11.5 Å². The number of hydrogen-bond donors (Lipinski definition) is 1.